The summed E-state index contributed by atoms with van der Waals surface area (Å²) in [5.41, 5.74) is 2.49. The minimum atomic E-state index is 0.0998. The van der Waals surface area contributed by atoms with Gasteiger partial charge < -0.3 is 14.8 Å². The lowest BCUT2D eigenvalue weighted by atomic mass is 9.99. The third-order valence-electron chi connectivity index (χ3n) is 4.34. The standard InChI is InChI=1S/C17H24N4O/c1-12(2)8-14-11-20(3)6-7-21(14)17(22)13-9-16-15(19-10-13)4-5-18-16/h4-5,9-10,12,14,18H,6-8,11H2,1-3H3. The largest absolute Gasteiger partial charge is 0.360 e. The van der Waals surface area contributed by atoms with E-state index in [2.05, 4.69) is 35.8 Å². The number of aromatic amines is 1. The number of H-pyrrole nitrogens is 1. The average Bonchev–Trinajstić information content (AvgIpc) is 2.93. The number of aromatic nitrogens is 2. The molecule has 22 heavy (non-hydrogen) atoms. The Morgan fingerprint density at radius 2 is 2.27 bits per heavy atom. The molecule has 2 aromatic rings. The van der Waals surface area contributed by atoms with Crippen LogP contribution < -0.4 is 0 Å². The van der Waals surface area contributed by atoms with Crippen LogP contribution in [-0.2, 0) is 0 Å². The van der Waals surface area contributed by atoms with E-state index in [9.17, 15) is 4.79 Å². The molecule has 0 saturated carbocycles. The number of hydrogen-bond donors (Lipinski definition) is 1. The lowest BCUT2D eigenvalue weighted by molar-refractivity contribution is 0.0460. The third-order valence-corrected chi connectivity index (χ3v) is 4.34. The first-order valence-electron chi connectivity index (χ1n) is 7.97. The van der Waals surface area contributed by atoms with E-state index in [0.29, 0.717) is 11.5 Å². The van der Waals surface area contributed by atoms with Gasteiger partial charge in [-0.15, -0.1) is 0 Å². The summed E-state index contributed by atoms with van der Waals surface area (Å²) in [6.07, 6.45) is 4.58. The number of pyridine rings is 1. The highest BCUT2D eigenvalue weighted by molar-refractivity contribution is 5.97. The second kappa shape index (κ2) is 6.08. The maximum Gasteiger partial charge on any atom is 0.255 e. The van der Waals surface area contributed by atoms with Gasteiger partial charge in [0.15, 0.2) is 0 Å². The molecule has 0 radical (unpaired) electrons. The van der Waals surface area contributed by atoms with Crippen LogP contribution in [0.5, 0.6) is 0 Å². The number of nitrogens with zero attached hydrogens (tertiary/aromatic N) is 3. The van der Waals surface area contributed by atoms with E-state index in [1.165, 1.54) is 0 Å². The highest BCUT2D eigenvalue weighted by Gasteiger charge is 2.30. The first-order valence-corrected chi connectivity index (χ1v) is 7.97. The Hall–Kier alpha value is -1.88. The van der Waals surface area contributed by atoms with Gasteiger partial charge in [0.25, 0.3) is 5.91 Å². The van der Waals surface area contributed by atoms with Crippen molar-refractivity contribution in [3.05, 3.63) is 30.1 Å². The van der Waals surface area contributed by atoms with E-state index in [4.69, 9.17) is 0 Å². The molecule has 1 aliphatic rings. The highest BCUT2D eigenvalue weighted by Crippen LogP contribution is 2.20. The number of likely N-dealkylation sites (N-methyl/N-ethyl adjacent to an activating group) is 1. The molecule has 3 rings (SSSR count). The Morgan fingerprint density at radius 1 is 1.45 bits per heavy atom. The minimum Gasteiger partial charge on any atom is -0.360 e. The number of carbonyl (C=O) groups is 1. The first kappa shape index (κ1) is 15.0. The monoisotopic (exact) mass is 300 g/mol. The molecule has 3 heterocycles. The topological polar surface area (TPSA) is 52.2 Å². The fraction of sp³-hybridized carbons (Fsp3) is 0.529. The van der Waals surface area contributed by atoms with Gasteiger partial charge in [0.1, 0.15) is 0 Å². The molecule has 1 fully saturated rings. The second-order valence-corrected chi connectivity index (χ2v) is 6.68. The van der Waals surface area contributed by atoms with Crippen LogP contribution in [0.15, 0.2) is 24.5 Å². The van der Waals surface area contributed by atoms with E-state index in [1.54, 1.807) is 6.20 Å². The van der Waals surface area contributed by atoms with Crippen LogP contribution in [0.2, 0.25) is 0 Å². The first-order chi connectivity index (χ1) is 10.5. The molecule has 1 unspecified atom stereocenters. The Balaban J connectivity index is 1.84. The molecule has 0 aromatic carbocycles. The Kier molecular flexibility index (Phi) is 4.16. The molecule has 1 N–H and O–H groups in total. The van der Waals surface area contributed by atoms with Crippen LogP contribution in [0.25, 0.3) is 11.0 Å². The fourth-order valence-corrected chi connectivity index (χ4v) is 3.24. The zero-order valence-electron chi connectivity index (χ0n) is 13.5. The summed E-state index contributed by atoms with van der Waals surface area (Å²) >= 11 is 0. The molecule has 0 spiro atoms. The number of fused-ring (bicyclic) bond motifs is 1. The second-order valence-electron chi connectivity index (χ2n) is 6.68. The zero-order chi connectivity index (χ0) is 15.7. The van der Waals surface area contributed by atoms with Gasteiger partial charge in [-0.1, -0.05) is 13.8 Å². The van der Waals surface area contributed by atoms with Gasteiger partial charge in [-0.25, -0.2) is 0 Å². The number of hydrogen-bond acceptors (Lipinski definition) is 3. The van der Waals surface area contributed by atoms with Gasteiger partial charge in [-0.3, -0.25) is 9.78 Å². The molecule has 0 aliphatic carbocycles. The molecule has 2 aromatic heterocycles. The Labute approximate surface area is 131 Å². The summed E-state index contributed by atoms with van der Waals surface area (Å²) in [6.45, 7) is 7.09. The van der Waals surface area contributed by atoms with Gasteiger partial charge in [0.2, 0.25) is 0 Å². The van der Waals surface area contributed by atoms with E-state index in [0.717, 1.165) is 37.1 Å². The zero-order valence-corrected chi connectivity index (χ0v) is 13.5. The van der Waals surface area contributed by atoms with Crippen LogP contribution in [0.4, 0.5) is 0 Å². The highest BCUT2D eigenvalue weighted by atomic mass is 16.2. The van der Waals surface area contributed by atoms with E-state index >= 15 is 0 Å². The van der Waals surface area contributed by atoms with E-state index in [-0.39, 0.29) is 11.9 Å². The molecule has 0 bridgehead atoms. The summed E-state index contributed by atoms with van der Waals surface area (Å²) in [4.78, 5) is 24.8. The van der Waals surface area contributed by atoms with Crippen LogP contribution in [0.3, 0.4) is 0 Å². The van der Waals surface area contributed by atoms with Gasteiger partial charge >= 0.3 is 0 Å². The molecule has 1 saturated heterocycles. The van der Waals surface area contributed by atoms with Crippen LogP contribution in [-0.4, -0.2) is 58.4 Å². The molecule has 1 amide bonds. The van der Waals surface area contributed by atoms with Gasteiger partial charge in [-0.05, 0) is 31.5 Å². The smallest absolute Gasteiger partial charge is 0.255 e. The van der Waals surface area contributed by atoms with Crippen molar-refractivity contribution in [3.8, 4) is 0 Å². The number of carbonyl (C=O) groups excluding carboxylic acids is 1. The van der Waals surface area contributed by atoms with Gasteiger partial charge in [0.05, 0.1) is 16.6 Å². The van der Waals surface area contributed by atoms with E-state index < -0.39 is 0 Å². The van der Waals surface area contributed by atoms with Crippen LogP contribution in [0, 0.1) is 5.92 Å². The quantitative estimate of drug-likeness (QED) is 0.947. The summed E-state index contributed by atoms with van der Waals surface area (Å²) < 4.78 is 0. The summed E-state index contributed by atoms with van der Waals surface area (Å²) in [5, 5.41) is 0. The number of nitrogens with one attached hydrogen (secondary N) is 1. The summed E-state index contributed by atoms with van der Waals surface area (Å²) in [7, 11) is 2.13. The number of rotatable bonds is 3. The van der Waals surface area contributed by atoms with Crippen LogP contribution in [0.1, 0.15) is 30.6 Å². The van der Waals surface area contributed by atoms with Gasteiger partial charge in [0, 0.05) is 38.1 Å². The summed E-state index contributed by atoms with van der Waals surface area (Å²) in [5.74, 6) is 0.679. The normalized spacial score (nSPS) is 20.0. The number of piperazine rings is 1. The molecule has 1 atom stereocenters. The summed E-state index contributed by atoms with van der Waals surface area (Å²) in [6, 6.07) is 4.11. The average molecular weight is 300 g/mol. The lowest BCUT2D eigenvalue weighted by Crippen LogP contribution is -2.54. The van der Waals surface area contributed by atoms with Crippen molar-refractivity contribution in [1.29, 1.82) is 0 Å². The fourth-order valence-electron chi connectivity index (χ4n) is 3.24. The molecular formula is C17H24N4O. The SMILES string of the molecule is CC(C)CC1CN(C)CCN1C(=O)c1cnc2cc[nH]c2c1. The van der Waals surface area contributed by atoms with Crippen molar-refractivity contribution in [3.63, 3.8) is 0 Å². The molecule has 118 valence electrons. The molecule has 5 heteroatoms. The van der Waals surface area contributed by atoms with Gasteiger partial charge in [-0.2, -0.15) is 0 Å². The number of amides is 1. The van der Waals surface area contributed by atoms with Crippen molar-refractivity contribution in [2.75, 3.05) is 26.7 Å². The van der Waals surface area contributed by atoms with Crippen LogP contribution >= 0.6 is 0 Å². The van der Waals surface area contributed by atoms with Crippen molar-refractivity contribution in [2.24, 2.45) is 5.92 Å². The maximum absolute atomic E-state index is 12.9. The Bertz CT molecular complexity index is 661. The molecule has 1 aliphatic heterocycles. The van der Waals surface area contributed by atoms with Crippen molar-refractivity contribution < 1.29 is 4.79 Å². The maximum atomic E-state index is 12.9. The molecular weight excluding hydrogens is 276 g/mol. The Morgan fingerprint density at radius 3 is 3.05 bits per heavy atom. The van der Waals surface area contributed by atoms with Crippen molar-refractivity contribution >= 4 is 16.9 Å². The predicted molar refractivity (Wildman–Crippen MR) is 87.9 cm³/mol. The minimum absolute atomic E-state index is 0.0998. The third kappa shape index (κ3) is 2.99. The van der Waals surface area contributed by atoms with Crippen molar-refractivity contribution in [2.45, 2.75) is 26.3 Å². The van der Waals surface area contributed by atoms with E-state index in [1.807, 2.05) is 23.2 Å². The predicted octanol–water partition coefficient (Wildman–Crippen LogP) is 2.37. The lowest BCUT2D eigenvalue weighted by Gasteiger charge is -2.41. The molecule has 5 nitrogen and oxygen atoms in total. The van der Waals surface area contributed by atoms with Crippen molar-refractivity contribution in [1.82, 2.24) is 19.8 Å².